The van der Waals surface area contributed by atoms with Crippen molar-refractivity contribution < 1.29 is 28.9 Å². The second-order valence-electron chi connectivity index (χ2n) is 6.72. The summed E-state index contributed by atoms with van der Waals surface area (Å²) in [4.78, 5) is 29.7. The van der Waals surface area contributed by atoms with Gasteiger partial charge in [-0.1, -0.05) is 35.5 Å². The topological polar surface area (TPSA) is 94.4 Å². The summed E-state index contributed by atoms with van der Waals surface area (Å²) in [5.41, 5.74) is 0.649. The number of hydrogen-bond acceptors (Lipinski definition) is 7. The number of carbonyl (C=O) groups excluding carboxylic acids is 2. The summed E-state index contributed by atoms with van der Waals surface area (Å²) >= 11 is 10.5. The third-order valence-corrected chi connectivity index (χ3v) is 6.45. The Morgan fingerprint density at radius 3 is 2.59 bits per heavy atom. The zero-order chi connectivity index (χ0) is 24.8. The van der Waals surface area contributed by atoms with E-state index in [1.54, 1.807) is 43.3 Å². The lowest BCUT2D eigenvalue weighted by atomic mass is 10.1. The monoisotopic (exact) mass is 565 g/mol. The van der Waals surface area contributed by atoms with Crippen molar-refractivity contribution in [2.45, 2.75) is 13.8 Å². The summed E-state index contributed by atoms with van der Waals surface area (Å²) in [5.74, 6) is -0.728. The average molecular weight is 567 g/mol. The van der Waals surface area contributed by atoms with Crippen molar-refractivity contribution >= 4 is 62.3 Å². The van der Waals surface area contributed by atoms with Crippen LogP contribution in [0.1, 0.15) is 29.8 Å². The number of halogens is 2. The van der Waals surface area contributed by atoms with Crippen LogP contribution < -0.4 is 9.47 Å². The van der Waals surface area contributed by atoms with Crippen LogP contribution >= 0.6 is 39.3 Å². The van der Waals surface area contributed by atoms with Crippen molar-refractivity contribution in [3.63, 3.8) is 0 Å². The number of esters is 1. The Kier molecular flexibility index (Phi) is 8.82. The van der Waals surface area contributed by atoms with Crippen LogP contribution in [0, 0.1) is 0 Å². The number of ether oxygens (including phenoxy) is 3. The first kappa shape index (κ1) is 25.9. The maximum Gasteiger partial charge on any atom is 0.344 e. The standard InChI is InChI=1S/C24H21BrClNO6S/c1-4-32-21-15(25)10-13(11-17(21)31-3)12-18-20(28)19(24(30)33-5-2)23(34-18)27-22(29)14-8-6-7-9-16(14)26/h6-12,28H,4-5H2,1-3H3/b18-12-,27-23?. The van der Waals surface area contributed by atoms with Gasteiger partial charge in [0.1, 0.15) is 16.4 Å². The first-order valence-corrected chi connectivity index (χ1v) is 12.2. The summed E-state index contributed by atoms with van der Waals surface area (Å²) in [6, 6.07) is 9.95. The number of methoxy groups -OCH3 is 1. The predicted molar refractivity (Wildman–Crippen MR) is 137 cm³/mol. The number of benzene rings is 2. The Hall–Kier alpha value is -2.75. The Morgan fingerprint density at radius 2 is 1.94 bits per heavy atom. The van der Waals surface area contributed by atoms with Gasteiger partial charge < -0.3 is 19.3 Å². The molecule has 2 aromatic carbocycles. The molecule has 0 saturated carbocycles. The van der Waals surface area contributed by atoms with Crippen molar-refractivity contribution in [3.8, 4) is 11.5 Å². The SMILES string of the molecule is CCOC(=O)C1=C(O)/C(=C/c2cc(Br)c(OCC)c(OC)c2)SC1=NC(=O)c1ccccc1Cl. The van der Waals surface area contributed by atoms with Crippen molar-refractivity contribution in [2.75, 3.05) is 20.3 Å². The van der Waals surface area contributed by atoms with E-state index in [0.29, 0.717) is 33.0 Å². The van der Waals surface area contributed by atoms with E-state index in [2.05, 4.69) is 20.9 Å². The van der Waals surface area contributed by atoms with Crippen molar-refractivity contribution in [1.29, 1.82) is 0 Å². The molecule has 0 bridgehead atoms. The van der Waals surface area contributed by atoms with Crippen LogP contribution in [0.5, 0.6) is 11.5 Å². The molecule has 10 heteroatoms. The van der Waals surface area contributed by atoms with Gasteiger partial charge in [-0.2, -0.15) is 0 Å². The van der Waals surface area contributed by atoms with Gasteiger partial charge in [-0.05, 0) is 65.7 Å². The van der Waals surface area contributed by atoms with Crippen LogP contribution in [0.4, 0.5) is 0 Å². The van der Waals surface area contributed by atoms with E-state index < -0.39 is 11.9 Å². The van der Waals surface area contributed by atoms with Gasteiger partial charge in [-0.15, -0.1) is 0 Å². The number of aliphatic hydroxyl groups excluding tert-OH is 1. The molecular weight excluding hydrogens is 546 g/mol. The molecule has 34 heavy (non-hydrogen) atoms. The molecule has 0 aliphatic carbocycles. The number of amides is 1. The number of aliphatic imine (C=N–C) groups is 1. The molecule has 0 fully saturated rings. The van der Waals surface area contributed by atoms with Crippen LogP contribution in [0.3, 0.4) is 0 Å². The normalized spacial score (nSPS) is 15.7. The summed E-state index contributed by atoms with van der Waals surface area (Å²) in [7, 11) is 1.52. The number of thioether (sulfide) groups is 1. The zero-order valence-corrected chi connectivity index (χ0v) is 21.7. The molecule has 178 valence electrons. The number of hydrogen-bond donors (Lipinski definition) is 1. The molecule has 1 amide bonds. The highest BCUT2D eigenvalue weighted by atomic mass is 79.9. The lowest BCUT2D eigenvalue weighted by molar-refractivity contribution is -0.138. The maximum atomic E-state index is 12.7. The third-order valence-electron chi connectivity index (χ3n) is 4.52. The summed E-state index contributed by atoms with van der Waals surface area (Å²) < 4.78 is 16.8. The minimum atomic E-state index is -0.785. The quantitative estimate of drug-likeness (QED) is 0.398. The van der Waals surface area contributed by atoms with E-state index in [1.165, 1.54) is 13.2 Å². The van der Waals surface area contributed by atoms with E-state index in [0.717, 1.165) is 11.8 Å². The molecule has 1 N–H and O–H groups in total. The molecule has 0 saturated heterocycles. The molecule has 1 heterocycles. The lowest BCUT2D eigenvalue weighted by Gasteiger charge is -2.12. The molecular formula is C24H21BrClNO6S. The lowest BCUT2D eigenvalue weighted by Crippen LogP contribution is -2.14. The highest BCUT2D eigenvalue weighted by Crippen LogP contribution is 2.42. The highest BCUT2D eigenvalue weighted by Gasteiger charge is 2.34. The zero-order valence-electron chi connectivity index (χ0n) is 18.6. The molecule has 2 aromatic rings. The largest absolute Gasteiger partial charge is 0.506 e. The summed E-state index contributed by atoms with van der Waals surface area (Å²) in [5, 5.41) is 11.1. The fourth-order valence-electron chi connectivity index (χ4n) is 3.04. The van der Waals surface area contributed by atoms with Crippen molar-refractivity contribution in [1.82, 2.24) is 0 Å². The van der Waals surface area contributed by atoms with Gasteiger partial charge in [0, 0.05) is 0 Å². The molecule has 0 aromatic heterocycles. The predicted octanol–water partition coefficient (Wildman–Crippen LogP) is 6.21. The van der Waals surface area contributed by atoms with Gasteiger partial charge in [0.25, 0.3) is 5.91 Å². The molecule has 1 aliphatic rings. The fourth-order valence-corrected chi connectivity index (χ4v) is 4.84. The van der Waals surface area contributed by atoms with E-state index in [1.807, 2.05) is 6.92 Å². The Morgan fingerprint density at radius 1 is 1.21 bits per heavy atom. The minimum Gasteiger partial charge on any atom is -0.506 e. The van der Waals surface area contributed by atoms with Crippen LogP contribution in [0.2, 0.25) is 5.02 Å². The Labute approximate surface area is 214 Å². The minimum absolute atomic E-state index is 0.0177. The first-order chi connectivity index (χ1) is 16.3. The van der Waals surface area contributed by atoms with Crippen LogP contribution in [-0.2, 0) is 9.53 Å². The highest BCUT2D eigenvalue weighted by molar-refractivity contribution is 9.10. The number of nitrogens with zero attached hydrogens (tertiary/aromatic N) is 1. The van der Waals surface area contributed by atoms with E-state index in [9.17, 15) is 14.7 Å². The Balaban J connectivity index is 2.06. The van der Waals surface area contributed by atoms with E-state index >= 15 is 0 Å². The number of aliphatic hydroxyl groups is 1. The van der Waals surface area contributed by atoms with Crippen molar-refractivity contribution in [2.24, 2.45) is 4.99 Å². The molecule has 0 unspecified atom stereocenters. The van der Waals surface area contributed by atoms with Gasteiger partial charge >= 0.3 is 5.97 Å². The van der Waals surface area contributed by atoms with Crippen molar-refractivity contribution in [3.05, 3.63) is 73.3 Å². The molecule has 0 radical (unpaired) electrons. The maximum absolute atomic E-state index is 12.7. The molecule has 0 atom stereocenters. The third kappa shape index (κ3) is 5.65. The number of carbonyl (C=O) groups is 2. The number of rotatable bonds is 7. The van der Waals surface area contributed by atoms with Gasteiger partial charge in [0.2, 0.25) is 0 Å². The van der Waals surface area contributed by atoms with E-state index in [-0.39, 0.29) is 33.6 Å². The summed E-state index contributed by atoms with van der Waals surface area (Å²) in [6.45, 7) is 4.05. The van der Waals surface area contributed by atoms with Gasteiger partial charge in [0.15, 0.2) is 11.5 Å². The van der Waals surface area contributed by atoms with Crippen LogP contribution in [0.15, 0.2) is 62.1 Å². The van der Waals surface area contributed by atoms with Gasteiger partial charge in [0.05, 0.1) is 40.3 Å². The fraction of sp³-hybridized carbons (Fsp3) is 0.208. The van der Waals surface area contributed by atoms with E-state index in [4.69, 9.17) is 25.8 Å². The molecule has 1 aliphatic heterocycles. The second-order valence-corrected chi connectivity index (χ2v) is 9.02. The first-order valence-electron chi connectivity index (χ1n) is 10.2. The smallest absolute Gasteiger partial charge is 0.344 e. The van der Waals surface area contributed by atoms with Gasteiger partial charge in [-0.25, -0.2) is 9.79 Å². The Bertz CT molecular complexity index is 1220. The van der Waals surface area contributed by atoms with Crippen LogP contribution in [-0.4, -0.2) is 42.4 Å². The second kappa shape index (κ2) is 11.6. The summed E-state index contributed by atoms with van der Waals surface area (Å²) in [6.07, 6.45) is 1.64. The molecule has 0 spiro atoms. The van der Waals surface area contributed by atoms with Crippen LogP contribution in [0.25, 0.3) is 6.08 Å². The molecule has 3 rings (SSSR count). The molecule has 7 nitrogen and oxygen atoms in total. The average Bonchev–Trinajstić information content (AvgIpc) is 3.10. The van der Waals surface area contributed by atoms with Gasteiger partial charge in [-0.3, -0.25) is 4.79 Å².